The molecule has 0 atom stereocenters. The van der Waals surface area contributed by atoms with Crippen molar-refractivity contribution in [2.45, 2.75) is 6.42 Å². The normalized spacial score (nSPS) is 13.9. The average molecular weight is 211 g/mol. The first-order valence-corrected chi connectivity index (χ1v) is 5.21. The van der Waals surface area contributed by atoms with Crippen LogP contribution < -0.4 is 17.2 Å². The Morgan fingerprint density at radius 3 is 2.31 bits per heavy atom. The van der Waals surface area contributed by atoms with E-state index in [0.717, 1.165) is 34.4 Å². The third kappa shape index (κ3) is 1.21. The molecule has 0 saturated heterocycles. The van der Waals surface area contributed by atoms with Crippen LogP contribution in [0.1, 0.15) is 11.1 Å². The molecular formula is C13H13N3. The number of anilines is 2. The van der Waals surface area contributed by atoms with Crippen molar-refractivity contribution in [3.05, 3.63) is 41.1 Å². The van der Waals surface area contributed by atoms with E-state index in [4.69, 9.17) is 17.2 Å². The lowest BCUT2D eigenvalue weighted by molar-refractivity contribution is 1.13. The van der Waals surface area contributed by atoms with Crippen molar-refractivity contribution in [2.75, 3.05) is 11.5 Å². The van der Waals surface area contributed by atoms with Crippen LogP contribution in [0.3, 0.4) is 0 Å². The minimum Gasteiger partial charge on any atom is -0.402 e. The monoisotopic (exact) mass is 211 g/mol. The number of nitrogen functional groups attached to an aromatic ring is 2. The summed E-state index contributed by atoms with van der Waals surface area (Å²) >= 11 is 0. The zero-order valence-electron chi connectivity index (χ0n) is 8.83. The van der Waals surface area contributed by atoms with E-state index >= 15 is 0 Å². The van der Waals surface area contributed by atoms with Gasteiger partial charge in [-0.25, -0.2) is 0 Å². The highest BCUT2D eigenvalue weighted by Gasteiger charge is 2.13. The van der Waals surface area contributed by atoms with Crippen LogP contribution >= 0.6 is 0 Å². The molecule has 80 valence electrons. The molecule has 3 rings (SSSR count). The summed E-state index contributed by atoms with van der Waals surface area (Å²) in [6.07, 6.45) is 2.75. The number of rotatable bonds is 0. The van der Waals surface area contributed by atoms with Crippen molar-refractivity contribution in [2.24, 2.45) is 5.73 Å². The highest BCUT2D eigenvalue weighted by molar-refractivity contribution is 5.99. The van der Waals surface area contributed by atoms with Gasteiger partial charge in [-0.2, -0.15) is 0 Å². The fourth-order valence-corrected chi connectivity index (χ4v) is 2.41. The Morgan fingerprint density at radius 2 is 1.56 bits per heavy atom. The van der Waals surface area contributed by atoms with E-state index in [-0.39, 0.29) is 0 Å². The van der Waals surface area contributed by atoms with Crippen molar-refractivity contribution in [1.29, 1.82) is 0 Å². The molecule has 0 radical (unpaired) electrons. The molecule has 0 saturated carbocycles. The highest BCUT2D eigenvalue weighted by atomic mass is 14.6. The van der Waals surface area contributed by atoms with Crippen molar-refractivity contribution >= 4 is 28.2 Å². The summed E-state index contributed by atoms with van der Waals surface area (Å²) in [5.74, 6) is 0. The van der Waals surface area contributed by atoms with Gasteiger partial charge >= 0.3 is 0 Å². The maximum Gasteiger partial charge on any atom is 0.0326 e. The van der Waals surface area contributed by atoms with Gasteiger partial charge in [0.05, 0.1) is 0 Å². The van der Waals surface area contributed by atoms with Gasteiger partial charge in [-0.3, -0.25) is 0 Å². The van der Waals surface area contributed by atoms with Crippen molar-refractivity contribution in [3.63, 3.8) is 0 Å². The standard InChI is InChI=1S/C13H13N3/c14-10-1-7-2-11(15)5-9-6-12(16)4-8(3-10)13(7)9/h1-5H,6,14-16H2. The molecule has 0 unspecified atom stereocenters. The maximum absolute atomic E-state index is 5.90. The van der Waals surface area contributed by atoms with Gasteiger partial charge in [-0.1, -0.05) is 0 Å². The molecule has 0 aromatic heterocycles. The van der Waals surface area contributed by atoms with Crippen LogP contribution in [0, 0.1) is 0 Å². The van der Waals surface area contributed by atoms with E-state index < -0.39 is 0 Å². The highest BCUT2D eigenvalue weighted by Crippen LogP contribution is 2.33. The first-order chi connectivity index (χ1) is 7.63. The molecule has 2 aromatic carbocycles. The summed E-state index contributed by atoms with van der Waals surface area (Å²) in [6.45, 7) is 0. The Hall–Kier alpha value is -2.16. The van der Waals surface area contributed by atoms with E-state index in [2.05, 4.69) is 0 Å². The molecule has 2 aromatic rings. The van der Waals surface area contributed by atoms with Crippen LogP contribution in [-0.2, 0) is 6.42 Å². The van der Waals surface area contributed by atoms with E-state index in [9.17, 15) is 0 Å². The van der Waals surface area contributed by atoms with E-state index in [1.807, 2.05) is 30.3 Å². The molecule has 1 aliphatic rings. The Bertz CT molecular complexity index is 621. The molecular weight excluding hydrogens is 198 g/mol. The summed E-state index contributed by atoms with van der Waals surface area (Å²) in [6, 6.07) is 7.85. The number of benzene rings is 2. The maximum atomic E-state index is 5.90. The van der Waals surface area contributed by atoms with Gasteiger partial charge in [0, 0.05) is 23.5 Å². The molecule has 0 heterocycles. The summed E-state index contributed by atoms with van der Waals surface area (Å²) in [7, 11) is 0. The molecule has 0 aliphatic heterocycles. The van der Waals surface area contributed by atoms with E-state index in [1.165, 1.54) is 10.9 Å². The Kier molecular flexibility index (Phi) is 1.66. The van der Waals surface area contributed by atoms with Crippen LogP contribution in [0.5, 0.6) is 0 Å². The predicted octanol–water partition coefficient (Wildman–Crippen LogP) is 1.86. The Balaban J connectivity index is 2.49. The third-order valence-corrected chi connectivity index (χ3v) is 2.94. The zero-order chi connectivity index (χ0) is 11.3. The number of allylic oxidation sites excluding steroid dienone is 1. The largest absolute Gasteiger partial charge is 0.402 e. The average Bonchev–Trinajstić information content (AvgIpc) is 2.14. The zero-order valence-corrected chi connectivity index (χ0v) is 8.83. The lowest BCUT2D eigenvalue weighted by Gasteiger charge is -2.17. The number of hydrogen-bond acceptors (Lipinski definition) is 3. The van der Waals surface area contributed by atoms with Crippen LogP contribution in [0.4, 0.5) is 11.4 Å². The van der Waals surface area contributed by atoms with Gasteiger partial charge in [0.1, 0.15) is 0 Å². The summed E-state index contributed by atoms with van der Waals surface area (Å²) in [5.41, 5.74) is 22.3. The number of nitrogens with two attached hydrogens (primary N) is 3. The van der Waals surface area contributed by atoms with Gasteiger partial charge in [0.25, 0.3) is 0 Å². The lowest BCUT2D eigenvalue weighted by Crippen LogP contribution is -2.07. The Labute approximate surface area is 93.5 Å². The molecule has 3 nitrogen and oxygen atoms in total. The van der Waals surface area contributed by atoms with Crippen molar-refractivity contribution in [3.8, 4) is 0 Å². The van der Waals surface area contributed by atoms with Crippen LogP contribution in [-0.4, -0.2) is 0 Å². The van der Waals surface area contributed by atoms with Crippen LogP contribution in [0.25, 0.3) is 16.8 Å². The van der Waals surface area contributed by atoms with Gasteiger partial charge in [-0.05, 0) is 52.2 Å². The van der Waals surface area contributed by atoms with Crippen LogP contribution in [0.2, 0.25) is 0 Å². The first-order valence-electron chi connectivity index (χ1n) is 5.21. The van der Waals surface area contributed by atoms with Crippen LogP contribution in [0.15, 0.2) is 30.0 Å². The Morgan fingerprint density at radius 1 is 0.875 bits per heavy atom. The molecule has 0 spiro atoms. The SMILES string of the molecule is NC1=Cc2cc(N)cc3cc(N)cc(c23)C1. The van der Waals surface area contributed by atoms with Crippen molar-refractivity contribution in [1.82, 2.24) is 0 Å². The summed E-state index contributed by atoms with van der Waals surface area (Å²) < 4.78 is 0. The molecule has 16 heavy (non-hydrogen) atoms. The molecule has 0 bridgehead atoms. The summed E-state index contributed by atoms with van der Waals surface area (Å²) in [4.78, 5) is 0. The summed E-state index contributed by atoms with van der Waals surface area (Å²) in [5, 5.41) is 2.31. The fraction of sp³-hybridized carbons (Fsp3) is 0.0769. The predicted molar refractivity (Wildman–Crippen MR) is 68.6 cm³/mol. The van der Waals surface area contributed by atoms with E-state index in [0.29, 0.717) is 0 Å². The second-order valence-corrected chi connectivity index (χ2v) is 4.28. The lowest BCUT2D eigenvalue weighted by atomic mass is 9.90. The van der Waals surface area contributed by atoms with Gasteiger partial charge in [-0.15, -0.1) is 0 Å². The third-order valence-electron chi connectivity index (χ3n) is 2.94. The minimum absolute atomic E-state index is 0.741. The molecule has 3 heteroatoms. The topological polar surface area (TPSA) is 78.1 Å². The molecule has 1 aliphatic carbocycles. The molecule has 0 amide bonds. The quantitative estimate of drug-likeness (QED) is 0.582. The fourth-order valence-electron chi connectivity index (χ4n) is 2.41. The second kappa shape index (κ2) is 2.92. The smallest absolute Gasteiger partial charge is 0.0326 e. The minimum atomic E-state index is 0.741. The van der Waals surface area contributed by atoms with Crippen molar-refractivity contribution < 1.29 is 0 Å². The van der Waals surface area contributed by atoms with E-state index in [1.54, 1.807) is 0 Å². The molecule has 0 fully saturated rings. The second-order valence-electron chi connectivity index (χ2n) is 4.28. The molecule has 6 N–H and O–H groups in total. The first kappa shape index (κ1) is 9.09. The number of hydrogen-bond donors (Lipinski definition) is 3. The van der Waals surface area contributed by atoms with Gasteiger partial charge in [0.15, 0.2) is 0 Å². The van der Waals surface area contributed by atoms with Gasteiger partial charge < -0.3 is 17.2 Å². The van der Waals surface area contributed by atoms with Gasteiger partial charge in [0.2, 0.25) is 0 Å².